The molecule has 0 saturated heterocycles. The maximum Gasteiger partial charge on any atom is 0.278 e. The number of hydrogen-bond donors (Lipinski definition) is 1. The van der Waals surface area contributed by atoms with Crippen molar-refractivity contribution < 1.29 is 4.79 Å². The summed E-state index contributed by atoms with van der Waals surface area (Å²) in [6.45, 7) is 1.09. The largest absolute Gasteiger partial charge is 0.335 e. The van der Waals surface area contributed by atoms with E-state index in [9.17, 15) is 4.79 Å². The molecule has 0 unspecified atom stereocenters. The Hall–Kier alpha value is -2.65. The maximum atomic E-state index is 12.3. The highest BCUT2D eigenvalue weighted by Gasteiger charge is 2.18. The van der Waals surface area contributed by atoms with E-state index in [1.54, 1.807) is 48.4 Å². The number of rotatable bonds is 4. The Balaban J connectivity index is 2.26. The monoisotopic (exact) mass is 269 g/mol. The zero-order valence-electron chi connectivity index (χ0n) is 11.2. The van der Waals surface area contributed by atoms with Crippen molar-refractivity contribution in [2.75, 3.05) is 18.5 Å². The molecule has 1 aromatic carbocycles. The summed E-state index contributed by atoms with van der Waals surface area (Å²) in [7, 11) is 1.63. The van der Waals surface area contributed by atoms with Crippen LogP contribution < -0.4 is 10.6 Å². The number of benzene rings is 1. The van der Waals surface area contributed by atoms with Crippen LogP contribution in [0.5, 0.6) is 0 Å². The molecule has 1 amide bonds. The van der Waals surface area contributed by atoms with Gasteiger partial charge in [0.15, 0.2) is 0 Å². The molecule has 0 radical (unpaired) electrons. The number of anilines is 1. The molecule has 2 N–H and O–H groups in total. The fraction of sp³-hybridized carbons (Fsp3) is 0.214. The van der Waals surface area contributed by atoms with Crippen LogP contribution >= 0.6 is 0 Å². The van der Waals surface area contributed by atoms with Gasteiger partial charge in [0.05, 0.1) is 17.6 Å². The van der Waals surface area contributed by atoms with E-state index in [4.69, 9.17) is 11.0 Å². The Morgan fingerprint density at radius 2 is 2.25 bits per heavy atom. The lowest BCUT2D eigenvalue weighted by Gasteiger charge is -2.17. The molecule has 0 aliphatic rings. The lowest BCUT2D eigenvalue weighted by molar-refractivity contribution is 0.0988. The van der Waals surface area contributed by atoms with Crippen LogP contribution in [0.25, 0.3) is 0 Å². The lowest BCUT2D eigenvalue weighted by Crippen LogP contribution is -2.27. The van der Waals surface area contributed by atoms with Crippen LogP contribution in [0, 0.1) is 11.3 Å². The minimum absolute atomic E-state index is 0.261. The van der Waals surface area contributed by atoms with Gasteiger partial charge in [0, 0.05) is 26.3 Å². The predicted molar refractivity (Wildman–Crippen MR) is 75.2 cm³/mol. The molecular weight excluding hydrogens is 254 g/mol. The number of nitrogens with zero attached hydrogens (tertiary/aromatic N) is 4. The van der Waals surface area contributed by atoms with Gasteiger partial charge < -0.3 is 15.2 Å². The Bertz CT molecular complexity index is 656. The number of para-hydroxylation sites is 1. The summed E-state index contributed by atoms with van der Waals surface area (Å²) in [5, 5.41) is 9.07. The van der Waals surface area contributed by atoms with E-state index in [1.165, 1.54) is 4.90 Å². The van der Waals surface area contributed by atoms with Crippen LogP contribution in [-0.4, -0.2) is 29.1 Å². The van der Waals surface area contributed by atoms with E-state index in [2.05, 4.69) is 11.1 Å². The third-order valence-electron chi connectivity index (χ3n) is 2.93. The quantitative estimate of drug-likeness (QED) is 0.896. The van der Waals surface area contributed by atoms with E-state index in [1.807, 2.05) is 0 Å². The number of aromatic nitrogens is 2. The Kier molecular flexibility index (Phi) is 4.13. The van der Waals surface area contributed by atoms with Gasteiger partial charge in [-0.3, -0.25) is 4.79 Å². The molecule has 20 heavy (non-hydrogen) atoms. The van der Waals surface area contributed by atoms with Crippen molar-refractivity contribution in [3.8, 4) is 6.07 Å². The Morgan fingerprint density at radius 1 is 1.50 bits per heavy atom. The van der Waals surface area contributed by atoms with Gasteiger partial charge in [-0.05, 0) is 12.1 Å². The summed E-state index contributed by atoms with van der Waals surface area (Å²) in [6, 6.07) is 9.02. The molecule has 2 aromatic rings. The summed E-state index contributed by atoms with van der Waals surface area (Å²) < 4.78 is 1.76. The van der Waals surface area contributed by atoms with Crippen molar-refractivity contribution in [2.45, 2.75) is 6.54 Å². The summed E-state index contributed by atoms with van der Waals surface area (Å²) in [5.74, 6) is -0.261. The SMILES string of the molecule is CN(C(=O)c1cn(CCN)cn1)c1ccccc1C#N. The highest BCUT2D eigenvalue weighted by atomic mass is 16.2. The Labute approximate surface area is 117 Å². The molecule has 6 heteroatoms. The van der Waals surface area contributed by atoms with E-state index < -0.39 is 0 Å². The highest BCUT2D eigenvalue weighted by Crippen LogP contribution is 2.19. The van der Waals surface area contributed by atoms with Gasteiger partial charge >= 0.3 is 0 Å². The molecule has 0 spiro atoms. The molecule has 0 aliphatic heterocycles. The van der Waals surface area contributed by atoms with E-state index >= 15 is 0 Å². The zero-order valence-corrected chi connectivity index (χ0v) is 11.2. The van der Waals surface area contributed by atoms with Crippen molar-refractivity contribution in [2.24, 2.45) is 5.73 Å². The van der Waals surface area contributed by atoms with Crippen LogP contribution in [0.15, 0.2) is 36.8 Å². The van der Waals surface area contributed by atoms with Gasteiger partial charge in [0.25, 0.3) is 5.91 Å². The van der Waals surface area contributed by atoms with Gasteiger partial charge in [0.1, 0.15) is 11.8 Å². The molecule has 1 heterocycles. The highest BCUT2D eigenvalue weighted by molar-refractivity contribution is 6.04. The number of carbonyl (C=O) groups excluding carboxylic acids is 1. The second-order valence-corrected chi connectivity index (χ2v) is 4.28. The average Bonchev–Trinajstić information content (AvgIpc) is 2.94. The summed E-state index contributed by atoms with van der Waals surface area (Å²) in [6.07, 6.45) is 3.23. The second-order valence-electron chi connectivity index (χ2n) is 4.28. The van der Waals surface area contributed by atoms with E-state index in [0.717, 1.165) is 0 Å². The van der Waals surface area contributed by atoms with Gasteiger partial charge in [-0.1, -0.05) is 12.1 Å². The maximum absolute atomic E-state index is 12.3. The van der Waals surface area contributed by atoms with Crippen LogP contribution in [0.3, 0.4) is 0 Å². The number of nitriles is 1. The third kappa shape index (κ3) is 2.68. The Morgan fingerprint density at radius 3 is 2.95 bits per heavy atom. The standard InChI is InChI=1S/C14H15N5O/c1-18(13-5-3-2-4-11(13)8-16)14(20)12-9-19(7-6-15)10-17-12/h2-5,9-10H,6-7,15H2,1H3. The van der Waals surface area contributed by atoms with Gasteiger partial charge in [0.2, 0.25) is 0 Å². The molecular formula is C14H15N5O. The van der Waals surface area contributed by atoms with Crippen molar-refractivity contribution in [3.63, 3.8) is 0 Å². The second kappa shape index (κ2) is 5.99. The van der Waals surface area contributed by atoms with Crippen LogP contribution in [-0.2, 0) is 6.54 Å². The summed E-state index contributed by atoms with van der Waals surface area (Å²) in [4.78, 5) is 17.8. The summed E-state index contributed by atoms with van der Waals surface area (Å²) in [5.41, 5.74) is 6.79. The minimum Gasteiger partial charge on any atom is -0.335 e. The number of nitrogens with two attached hydrogens (primary N) is 1. The van der Waals surface area contributed by atoms with Crippen molar-refractivity contribution in [1.29, 1.82) is 5.26 Å². The molecule has 0 atom stereocenters. The molecule has 1 aromatic heterocycles. The molecule has 102 valence electrons. The van der Waals surface area contributed by atoms with Gasteiger partial charge in [-0.2, -0.15) is 5.26 Å². The lowest BCUT2D eigenvalue weighted by atomic mass is 10.2. The molecule has 0 bridgehead atoms. The van der Waals surface area contributed by atoms with Gasteiger partial charge in [-0.25, -0.2) is 4.98 Å². The summed E-state index contributed by atoms with van der Waals surface area (Å²) >= 11 is 0. The van der Waals surface area contributed by atoms with Crippen LogP contribution in [0.1, 0.15) is 16.1 Å². The first-order chi connectivity index (χ1) is 9.67. The number of hydrogen-bond acceptors (Lipinski definition) is 4. The number of carbonyl (C=O) groups is 1. The molecule has 0 fully saturated rings. The fourth-order valence-electron chi connectivity index (χ4n) is 1.88. The zero-order chi connectivity index (χ0) is 14.5. The molecule has 2 rings (SSSR count). The first kappa shape index (κ1) is 13.8. The van der Waals surface area contributed by atoms with Crippen molar-refractivity contribution in [3.05, 3.63) is 48.0 Å². The smallest absolute Gasteiger partial charge is 0.278 e. The van der Waals surface area contributed by atoms with Gasteiger partial charge in [-0.15, -0.1) is 0 Å². The minimum atomic E-state index is -0.261. The molecule has 0 saturated carbocycles. The first-order valence-corrected chi connectivity index (χ1v) is 6.16. The third-order valence-corrected chi connectivity index (χ3v) is 2.93. The van der Waals surface area contributed by atoms with Crippen LogP contribution in [0.4, 0.5) is 5.69 Å². The number of imidazole rings is 1. The number of amides is 1. The predicted octanol–water partition coefficient (Wildman–Crippen LogP) is 0.990. The molecule has 0 aliphatic carbocycles. The average molecular weight is 269 g/mol. The van der Waals surface area contributed by atoms with E-state index in [0.29, 0.717) is 30.0 Å². The normalized spacial score (nSPS) is 10.1. The first-order valence-electron chi connectivity index (χ1n) is 6.16. The fourth-order valence-corrected chi connectivity index (χ4v) is 1.88. The topological polar surface area (TPSA) is 87.9 Å². The molecule has 6 nitrogen and oxygen atoms in total. The van der Waals surface area contributed by atoms with Crippen LogP contribution in [0.2, 0.25) is 0 Å². The van der Waals surface area contributed by atoms with Crippen molar-refractivity contribution in [1.82, 2.24) is 9.55 Å². The van der Waals surface area contributed by atoms with Crippen molar-refractivity contribution >= 4 is 11.6 Å². The van der Waals surface area contributed by atoms with E-state index in [-0.39, 0.29) is 5.91 Å².